The Hall–Kier alpha value is -0.250. The van der Waals surface area contributed by atoms with E-state index in [1.165, 1.54) is 11.8 Å². The molecule has 0 fully saturated rings. The van der Waals surface area contributed by atoms with Gasteiger partial charge in [-0.15, -0.1) is 0 Å². The Balaban J connectivity index is -0.000000242. The van der Waals surface area contributed by atoms with Crippen molar-refractivity contribution >= 4 is 49.5 Å². The van der Waals surface area contributed by atoms with Gasteiger partial charge < -0.3 is 22.9 Å². The van der Waals surface area contributed by atoms with E-state index in [1.807, 2.05) is 0 Å². The molecule has 0 radical (unpaired) electrons. The van der Waals surface area contributed by atoms with E-state index in [0.29, 0.717) is 5.69 Å². The van der Waals surface area contributed by atoms with E-state index in [0.717, 1.165) is 0 Å². The van der Waals surface area contributed by atoms with Crippen molar-refractivity contribution in [2.75, 3.05) is 5.32 Å². The van der Waals surface area contributed by atoms with Gasteiger partial charge in [-0.05, 0) is 0 Å². The SMILES string of the molecule is C[C-](C)C.C[C-](C)C.[Ca+2].[NH-]C(=O)Nc1[c-]cccc1. The predicted octanol–water partition coefficient (Wildman–Crippen LogP) is 4.93. The minimum atomic E-state index is -0.817. The van der Waals surface area contributed by atoms with Crippen molar-refractivity contribution in [2.45, 2.75) is 41.5 Å². The quantitative estimate of drug-likeness (QED) is 0.578. The molecule has 0 spiro atoms. The van der Waals surface area contributed by atoms with Crippen LogP contribution >= 0.6 is 0 Å². The summed E-state index contributed by atoms with van der Waals surface area (Å²) in [6, 6.07) is 8.83. The minimum absolute atomic E-state index is 0. The molecule has 0 aliphatic rings. The van der Waals surface area contributed by atoms with Crippen LogP contribution < -0.4 is 5.32 Å². The molecule has 4 heteroatoms. The summed E-state index contributed by atoms with van der Waals surface area (Å²) in [5.41, 5.74) is 7.08. The van der Waals surface area contributed by atoms with Crippen molar-refractivity contribution in [3.63, 3.8) is 0 Å². The predicted molar refractivity (Wildman–Crippen MR) is 84.9 cm³/mol. The number of carbonyl (C=O) groups excluding carboxylic acids is 1. The molecule has 0 atom stereocenters. The van der Waals surface area contributed by atoms with Gasteiger partial charge in [0.05, 0.1) is 0 Å². The number of rotatable bonds is 1. The second-order valence-corrected chi connectivity index (χ2v) is 4.73. The number of nitrogens with one attached hydrogen (secondary N) is 2. The van der Waals surface area contributed by atoms with Gasteiger partial charge in [0, 0.05) is 0 Å². The fourth-order valence-corrected chi connectivity index (χ4v) is 0.593. The molecule has 2 N–H and O–H groups in total. The van der Waals surface area contributed by atoms with E-state index in [2.05, 4.69) is 52.9 Å². The number of anilines is 1. The zero-order valence-corrected chi connectivity index (χ0v) is 15.1. The number of hydrogen-bond donors (Lipinski definition) is 1. The average molecular weight is 288 g/mol. The molecular weight excluding hydrogens is 264 g/mol. The van der Waals surface area contributed by atoms with Crippen LogP contribution in [0.5, 0.6) is 0 Å². The van der Waals surface area contributed by atoms with E-state index in [9.17, 15) is 4.79 Å². The smallest absolute Gasteiger partial charge is 0.447 e. The van der Waals surface area contributed by atoms with Crippen LogP contribution in [0.15, 0.2) is 24.3 Å². The van der Waals surface area contributed by atoms with Crippen LogP contribution in [0.3, 0.4) is 0 Å². The van der Waals surface area contributed by atoms with E-state index < -0.39 is 6.03 Å². The van der Waals surface area contributed by atoms with E-state index in [-0.39, 0.29) is 37.7 Å². The van der Waals surface area contributed by atoms with E-state index >= 15 is 0 Å². The third kappa shape index (κ3) is 31.9. The molecule has 2 amide bonds. The molecule has 104 valence electrons. The van der Waals surface area contributed by atoms with E-state index in [1.54, 1.807) is 24.3 Å². The van der Waals surface area contributed by atoms with Gasteiger partial charge >= 0.3 is 37.7 Å². The molecule has 19 heavy (non-hydrogen) atoms. The van der Waals surface area contributed by atoms with Crippen molar-refractivity contribution in [3.8, 4) is 0 Å². The zero-order chi connectivity index (χ0) is 14.6. The molecule has 0 saturated carbocycles. The Morgan fingerprint density at radius 2 is 1.53 bits per heavy atom. The largest absolute Gasteiger partial charge is 2.00 e. The van der Waals surface area contributed by atoms with Crippen molar-refractivity contribution in [1.29, 1.82) is 0 Å². The molecule has 0 heterocycles. The van der Waals surface area contributed by atoms with Gasteiger partial charge in [-0.25, -0.2) is 0 Å². The molecule has 1 rings (SSSR count). The molecule has 0 bridgehead atoms. The molecular formula is C15H24CaN2O-2. The summed E-state index contributed by atoms with van der Waals surface area (Å²) in [5, 5.41) is 2.28. The Morgan fingerprint density at radius 3 is 1.79 bits per heavy atom. The first-order chi connectivity index (χ1) is 8.25. The van der Waals surface area contributed by atoms with Crippen molar-refractivity contribution in [3.05, 3.63) is 47.9 Å². The van der Waals surface area contributed by atoms with Gasteiger partial charge in [0.15, 0.2) is 6.03 Å². The van der Waals surface area contributed by atoms with Gasteiger partial charge in [-0.1, -0.05) is 0 Å². The molecule has 0 unspecified atom stereocenters. The summed E-state index contributed by atoms with van der Waals surface area (Å²) in [6.45, 7) is 12.5. The van der Waals surface area contributed by atoms with Gasteiger partial charge in [0.2, 0.25) is 0 Å². The maximum absolute atomic E-state index is 10.1. The molecule has 1 aromatic carbocycles. The topological polar surface area (TPSA) is 52.9 Å². The number of urea groups is 1. The van der Waals surface area contributed by atoms with Crippen molar-refractivity contribution in [2.24, 2.45) is 0 Å². The van der Waals surface area contributed by atoms with Crippen molar-refractivity contribution < 1.29 is 4.79 Å². The van der Waals surface area contributed by atoms with Gasteiger partial charge in [0.25, 0.3) is 0 Å². The molecule has 1 aromatic rings. The van der Waals surface area contributed by atoms with Crippen LogP contribution in [0.2, 0.25) is 0 Å². The van der Waals surface area contributed by atoms with Gasteiger partial charge in [-0.2, -0.15) is 77.6 Å². The monoisotopic (exact) mass is 288 g/mol. The van der Waals surface area contributed by atoms with Crippen LogP contribution in [-0.4, -0.2) is 43.8 Å². The standard InChI is InChI=1S/C7H7N2O.2C4H9.Ca/c8-7(10)9-6-4-2-1-3-5-6;2*1-4(2)3;/h1-4H,(H3,8,9,10);2*1-3H3;/q3*-1;+2/p-1. The third-order valence-electron chi connectivity index (χ3n) is 0.957. The fourth-order valence-electron chi connectivity index (χ4n) is 0.593. The summed E-state index contributed by atoms with van der Waals surface area (Å²) in [4.78, 5) is 10.1. The van der Waals surface area contributed by atoms with Crippen molar-refractivity contribution in [1.82, 2.24) is 0 Å². The number of benzene rings is 1. The second kappa shape index (κ2) is 15.8. The average Bonchev–Trinajstić information content (AvgIpc) is 2.16. The Labute approximate surface area is 148 Å². The molecule has 0 aliphatic carbocycles. The third-order valence-corrected chi connectivity index (χ3v) is 0.957. The number of amides is 2. The second-order valence-electron chi connectivity index (χ2n) is 4.73. The van der Waals surface area contributed by atoms with E-state index in [4.69, 9.17) is 5.73 Å². The summed E-state index contributed by atoms with van der Waals surface area (Å²) in [6.07, 6.45) is 0. The Morgan fingerprint density at radius 1 is 1.11 bits per heavy atom. The molecule has 0 aromatic heterocycles. The number of carbonyl (C=O) groups is 1. The van der Waals surface area contributed by atoms with Crippen LogP contribution in [-0.2, 0) is 0 Å². The maximum Gasteiger partial charge on any atom is 2.00 e. The first-order valence-corrected chi connectivity index (χ1v) is 5.78. The zero-order valence-electron chi connectivity index (χ0n) is 12.9. The molecule has 0 aliphatic heterocycles. The van der Waals surface area contributed by atoms with Crippen LogP contribution in [0.25, 0.3) is 5.73 Å². The van der Waals surface area contributed by atoms with Gasteiger partial charge in [0.1, 0.15) is 0 Å². The minimum Gasteiger partial charge on any atom is -0.447 e. The summed E-state index contributed by atoms with van der Waals surface area (Å²) in [5.74, 6) is 2.83. The fraction of sp³-hybridized carbons (Fsp3) is 0.400. The van der Waals surface area contributed by atoms with Crippen LogP contribution in [0, 0.1) is 17.9 Å². The maximum atomic E-state index is 10.1. The Kier molecular flexibility index (Phi) is 19.8. The van der Waals surface area contributed by atoms with Crippen LogP contribution in [0.4, 0.5) is 10.5 Å². The first-order valence-electron chi connectivity index (χ1n) is 5.78. The number of para-hydroxylation sites is 1. The first kappa shape index (κ1) is 23.8. The normalized spacial score (nSPS) is 8.42. The summed E-state index contributed by atoms with van der Waals surface area (Å²) in [7, 11) is 0. The molecule has 0 saturated heterocycles. The molecule has 3 nitrogen and oxygen atoms in total. The summed E-state index contributed by atoms with van der Waals surface area (Å²) >= 11 is 0. The number of hydrogen-bond acceptors (Lipinski definition) is 1. The summed E-state index contributed by atoms with van der Waals surface area (Å²) < 4.78 is 0. The van der Waals surface area contributed by atoms with Crippen LogP contribution in [0.1, 0.15) is 41.5 Å². The Bertz CT molecular complexity index is 289. The van der Waals surface area contributed by atoms with Gasteiger partial charge in [-0.3, -0.25) is 4.79 Å².